The fraction of sp³-hybridized carbons (Fsp3) is 0.519. The van der Waals surface area contributed by atoms with E-state index in [-0.39, 0.29) is 11.7 Å². The topological polar surface area (TPSA) is 43.8 Å². The number of nitrogens with zero attached hydrogens (tertiary/aromatic N) is 2. The molecule has 2 aliphatic rings. The van der Waals surface area contributed by atoms with Gasteiger partial charge >= 0.3 is 0 Å². The van der Waals surface area contributed by atoms with Crippen molar-refractivity contribution in [3.63, 3.8) is 0 Å². The van der Waals surface area contributed by atoms with Crippen molar-refractivity contribution in [3.8, 4) is 0 Å². The second-order valence-electron chi connectivity index (χ2n) is 9.87. The normalized spacial score (nSPS) is 20.8. The number of likely N-dealkylation sites (tertiary alicyclic amines) is 2. The molecule has 2 aromatic carbocycles. The highest BCUT2D eigenvalue weighted by atomic mass is 35.5. The summed E-state index contributed by atoms with van der Waals surface area (Å²) in [5.74, 6) is 0.326. The molecule has 0 aliphatic carbocycles. The maximum absolute atomic E-state index is 13.0. The second kappa shape index (κ2) is 10.5. The van der Waals surface area contributed by atoms with Crippen molar-refractivity contribution < 1.29 is 14.3 Å². The summed E-state index contributed by atoms with van der Waals surface area (Å²) in [6.07, 6.45) is 5.14. The molecule has 2 fully saturated rings. The third-order valence-electron chi connectivity index (χ3n) is 7.32. The third kappa shape index (κ3) is 6.34. The van der Waals surface area contributed by atoms with Crippen LogP contribution in [0.3, 0.4) is 0 Å². The van der Waals surface area contributed by atoms with Crippen molar-refractivity contribution >= 4 is 17.5 Å². The largest absolute Gasteiger partial charge is 0.390 e. The van der Waals surface area contributed by atoms with Gasteiger partial charge in [-0.3, -0.25) is 4.79 Å². The quantitative estimate of drug-likeness (QED) is 0.609. The predicted octanol–water partition coefficient (Wildman–Crippen LogP) is 5.10. The lowest BCUT2D eigenvalue weighted by Crippen LogP contribution is -2.46. The van der Waals surface area contributed by atoms with E-state index in [2.05, 4.69) is 4.90 Å². The van der Waals surface area contributed by atoms with Gasteiger partial charge in [0.05, 0.1) is 5.60 Å². The van der Waals surface area contributed by atoms with E-state index in [0.29, 0.717) is 16.5 Å². The molecule has 1 amide bonds. The van der Waals surface area contributed by atoms with Gasteiger partial charge in [0.15, 0.2) is 0 Å². The molecule has 2 aromatic rings. The van der Waals surface area contributed by atoms with E-state index in [0.717, 1.165) is 82.4 Å². The van der Waals surface area contributed by atoms with Gasteiger partial charge in [-0.2, -0.15) is 0 Å². The smallest absolute Gasteiger partial charge is 0.253 e. The fourth-order valence-corrected chi connectivity index (χ4v) is 5.29. The Kier molecular flexibility index (Phi) is 7.72. The van der Waals surface area contributed by atoms with Crippen LogP contribution in [-0.4, -0.2) is 59.1 Å². The Hall–Kier alpha value is -1.95. The molecule has 0 bridgehead atoms. The minimum atomic E-state index is -0.598. The number of hydrogen-bond acceptors (Lipinski definition) is 3. The first-order chi connectivity index (χ1) is 15.8. The summed E-state index contributed by atoms with van der Waals surface area (Å²) in [6.45, 7) is 6.27. The van der Waals surface area contributed by atoms with Gasteiger partial charge in [-0.05, 0) is 86.8 Å². The Morgan fingerprint density at radius 2 is 1.88 bits per heavy atom. The average Bonchev–Trinajstić information content (AvgIpc) is 3.27. The molecule has 0 unspecified atom stereocenters. The number of hydrogen-bond donors (Lipinski definition) is 1. The van der Waals surface area contributed by atoms with Crippen LogP contribution in [0.2, 0.25) is 5.02 Å². The predicted molar refractivity (Wildman–Crippen MR) is 130 cm³/mol. The average molecular weight is 473 g/mol. The zero-order valence-corrected chi connectivity index (χ0v) is 20.2. The summed E-state index contributed by atoms with van der Waals surface area (Å²) >= 11 is 6.20. The molecule has 0 spiro atoms. The van der Waals surface area contributed by atoms with Crippen molar-refractivity contribution in [2.45, 2.75) is 51.0 Å². The molecular formula is C27H34ClFN2O2. The van der Waals surface area contributed by atoms with Crippen molar-refractivity contribution in [3.05, 3.63) is 70.0 Å². The minimum Gasteiger partial charge on any atom is -0.390 e. The number of halogens is 2. The number of benzene rings is 2. The summed E-state index contributed by atoms with van der Waals surface area (Å²) in [5.41, 5.74) is 2.16. The van der Waals surface area contributed by atoms with Crippen molar-refractivity contribution in [1.29, 1.82) is 0 Å². The second-order valence-corrected chi connectivity index (χ2v) is 10.3. The lowest BCUT2D eigenvalue weighted by Gasteiger charge is -2.39. The summed E-state index contributed by atoms with van der Waals surface area (Å²) < 4.78 is 13.0. The first-order valence-electron chi connectivity index (χ1n) is 12.1. The number of rotatable bonds is 7. The van der Waals surface area contributed by atoms with E-state index < -0.39 is 5.60 Å². The van der Waals surface area contributed by atoms with Crippen LogP contribution in [0, 0.1) is 18.7 Å². The summed E-state index contributed by atoms with van der Waals surface area (Å²) in [7, 11) is 0. The Morgan fingerprint density at radius 1 is 1.15 bits per heavy atom. The number of carbonyl (C=O) groups excluding carboxylic acids is 1. The van der Waals surface area contributed by atoms with Gasteiger partial charge in [0.25, 0.3) is 5.91 Å². The molecular weight excluding hydrogens is 439 g/mol. The van der Waals surface area contributed by atoms with Gasteiger partial charge in [-0.15, -0.1) is 0 Å². The number of amides is 1. The molecule has 4 rings (SSSR count). The van der Waals surface area contributed by atoms with Crippen LogP contribution in [0.25, 0.3) is 0 Å². The van der Waals surface area contributed by atoms with Gasteiger partial charge in [0.1, 0.15) is 5.82 Å². The molecule has 1 atom stereocenters. The van der Waals surface area contributed by atoms with Crippen LogP contribution in [0.15, 0.2) is 42.5 Å². The summed E-state index contributed by atoms with van der Waals surface area (Å²) in [5, 5.41) is 11.6. The van der Waals surface area contributed by atoms with E-state index in [1.54, 1.807) is 6.07 Å². The van der Waals surface area contributed by atoms with E-state index in [1.807, 2.05) is 36.1 Å². The van der Waals surface area contributed by atoms with Gasteiger partial charge in [0.2, 0.25) is 0 Å². The van der Waals surface area contributed by atoms with Crippen molar-refractivity contribution in [2.24, 2.45) is 5.92 Å². The Bertz CT molecular complexity index is 957. The van der Waals surface area contributed by atoms with Gasteiger partial charge in [0, 0.05) is 43.3 Å². The monoisotopic (exact) mass is 472 g/mol. The molecule has 0 radical (unpaired) electrons. The molecule has 2 saturated heterocycles. The summed E-state index contributed by atoms with van der Waals surface area (Å²) in [4.78, 5) is 17.2. The highest BCUT2D eigenvalue weighted by Crippen LogP contribution is 2.29. The third-order valence-corrected chi connectivity index (χ3v) is 7.72. The summed E-state index contributed by atoms with van der Waals surface area (Å²) in [6, 6.07) is 12.2. The molecule has 0 aromatic heterocycles. The van der Waals surface area contributed by atoms with Gasteiger partial charge in [-0.25, -0.2) is 4.39 Å². The van der Waals surface area contributed by atoms with E-state index in [1.165, 1.54) is 12.1 Å². The van der Waals surface area contributed by atoms with Crippen LogP contribution in [-0.2, 0) is 6.42 Å². The first-order valence-corrected chi connectivity index (χ1v) is 12.4. The fourth-order valence-electron chi connectivity index (χ4n) is 5.11. The number of carbonyl (C=O) groups is 1. The number of aryl methyl sites for hydroxylation is 2. The van der Waals surface area contributed by atoms with Crippen molar-refractivity contribution in [1.82, 2.24) is 9.80 Å². The molecule has 2 heterocycles. The van der Waals surface area contributed by atoms with E-state index >= 15 is 0 Å². The van der Waals surface area contributed by atoms with Gasteiger partial charge in [-0.1, -0.05) is 29.8 Å². The molecule has 0 saturated carbocycles. The van der Waals surface area contributed by atoms with Gasteiger partial charge < -0.3 is 14.9 Å². The zero-order chi connectivity index (χ0) is 23.4. The maximum Gasteiger partial charge on any atom is 0.253 e. The minimum absolute atomic E-state index is 0.0635. The Balaban J connectivity index is 1.19. The molecule has 4 nitrogen and oxygen atoms in total. The van der Waals surface area contributed by atoms with Crippen LogP contribution in [0.5, 0.6) is 0 Å². The SMILES string of the molecule is Cc1ccc(C(=O)N2CC[C@H](CN3CCC(O)(CCCc4ccc(F)cc4)CC3)C2)cc1Cl. The number of aliphatic hydroxyl groups is 1. The maximum atomic E-state index is 13.0. The van der Waals surface area contributed by atoms with Crippen LogP contribution in [0.1, 0.15) is 53.6 Å². The van der Waals surface area contributed by atoms with Crippen LogP contribution in [0.4, 0.5) is 4.39 Å². The molecule has 33 heavy (non-hydrogen) atoms. The lowest BCUT2D eigenvalue weighted by atomic mass is 9.85. The lowest BCUT2D eigenvalue weighted by molar-refractivity contribution is -0.0312. The Labute approximate surface area is 201 Å². The first kappa shape index (κ1) is 24.2. The van der Waals surface area contributed by atoms with Crippen molar-refractivity contribution in [2.75, 3.05) is 32.7 Å². The standard InChI is InChI=1S/C27H34ClFN2O2/c1-20-4-7-23(17-25(20)28)26(32)31-14-10-22(19-31)18-30-15-12-27(33,13-16-30)11-2-3-21-5-8-24(29)9-6-21/h4-9,17,22,33H,2-3,10-16,18-19H2,1H3/t22-/m1/s1. The van der Waals surface area contributed by atoms with E-state index in [9.17, 15) is 14.3 Å². The molecule has 178 valence electrons. The molecule has 1 N–H and O–H groups in total. The molecule has 2 aliphatic heterocycles. The van der Waals surface area contributed by atoms with Crippen LogP contribution >= 0.6 is 11.6 Å². The van der Waals surface area contributed by atoms with E-state index in [4.69, 9.17) is 11.6 Å². The highest BCUT2D eigenvalue weighted by Gasteiger charge is 2.34. The molecule has 6 heteroatoms. The number of piperidine rings is 1. The highest BCUT2D eigenvalue weighted by molar-refractivity contribution is 6.31. The van der Waals surface area contributed by atoms with Crippen LogP contribution < -0.4 is 0 Å². The Morgan fingerprint density at radius 3 is 2.58 bits per heavy atom. The zero-order valence-electron chi connectivity index (χ0n) is 19.4.